The Morgan fingerprint density at radius 1 is 1.05 bits per heavy atom. The highest BCUT2D eigenvalue weighted by Crippen LogP contribution is 2.29. The van der Waals surface area contributed by atoms with Gasteiger partial charge in [-0.3, -0.25) is 0 Å². The minimum Gasteiger partial charge on any atom is -0.316 e. The molecule has 0 fully saturated rings. The number of hydrogen-bond acceptors (Lipinski definition) is 1. The van der Waals surface area contributed by atoms with Gasteiger partial charge in [-0.25, -0.2) is 0 Å². The second kappa shape index (κ2) is 8.00. The van der Waals surface area contributed by atoms with Gasteiger partial charge in [0.1, 0.15) is 0 Å². The lowest BCUT2D eigenvalue weighted by molar-refractivity contribution is -0.137. The first-order chi connectivity index (χ1) is 9.04. The Balaban J connectivity index is 2.32. The molecule has 0 aliphatic rings. The van der Waals surface area contributed by atoms with Crippen molar-refractivity contribution in [3.8, 4) is 0 Å². The number of alkyl halides is 3. The summed E-state index contributed by atoms with van der Waals surface area (Å²) < 4.78 is 37.1. The minimum absolute atomic E-state index is 0.594. The molecule has 0 unspecified atom stereocenters. The number of benzene rings is 1. The predicted molar refractivity (Wildman–Crippen MR) is 72.1 cm³/mol. The molecule has 1 rings (SSSR count). The number of nitrogens with one attached hydrogen (secondary N) is 1. The minimum atomic E-state index is -4.25. The van der Waals surface area contributed by atoms with E-state index in [0.717, 1.165) is 43.6 Å². The van der Waals surface area contributed by atoms with Crippen LogP contribution in [0, 0.1) is 0 Å². The monoisotopic (exact) mass is 271 g/mol. The largest absolute Gasteiger partial charge is 0.416 e. The molecule has 1 aromatic rings. The third kappa shape index (κ3) is 6.43. The molecule has 106 valence electrons. The summed E-state index contributed by atoms with van der Waals surface area (Å²) in [6.07, 6.45) is 2.54. The lowest BCUT2D eigenvalue weighted by Crippen LogP contribution is -2.14. The molecule has 0 spiro atoms. The summed E-state index contributed by atoms with van der Waals surface area (Å²) in [7, 11) is 0. The standard InChI is InChI=1S/C15H20F3N/c1-2-11-19-12-5-3-4-6-13-7-9-14(10-8-13)15(16,17)18/h3-4,7-10,19H,2,5-6,11-12H2,1H3. The Morgan fingerprint density at radius 2 is 1.74 bits per heavy atom. The molecule has 0 saturated heterocycles. The average Bonchev–Trinajstić information content (AvgIpc) is 2.37. The molecule has 0 aliphatic heterocycles. The first kappa shape index (κ1) is 15.8. The van der Waals surface area contributed by atoms with Crippen molar-refractivity contribution in [2.75, 3.05) is 13.1 Å². The Labute approximate surface area is 112 Å². The zero-order valence-electron chi connectivity index (χ0n) is 11.1. The van der Waals surface area contributed by atoms with Crippen LogP contribution in [-0.4, -0.2) is 13.1 Å². The van der Waals surface area contributed by atoms with E-state index in [0.29, 0.717) is 6.42 Å². The summed E-state index contributed by atoms with van der Waals surface area (Å²) in [5.74, 6) is 0. The van der Waals surface area contributed by atoms with E-state index in [1.165, 1.54) is 12.1 Å². The lowest BCUT2D eigenvalue weighted by Gasteiger charge is -2.06. The van der Waals surface area contributed by atoms with E-state index >= 15 is 0 Å². The number of allylic oxidation sites excluding steroid dienone is 1. The van der Waals surface area contributed by atoms with E-state index in [1.807, 2.05) is 6.08 Å². The van der Waals surface area contributed by atoms with Crippen LogP contribution in [0.2, 0.25) is 0 Å². The molecule has 0 heterocycles. The zero-order valence-corrected chi connectivity index (χ0v) is 11.1. The van der Waals surface area contributed by atoms with Crippen LogP contribution in [0.3, 0.4) is 0 Å². The fourth-order valence-electron chi connectivity index (χ4n) is 1.65. The zero-order chi connectivity index (χ0) is 14.1. The van der Waals surface area contributed by atoms with E-state index in [1.54, 1.807) is 0 Å². The maximum Gasteiger partial charge on any atom is 0.416 e. The molecular formula is C15H20F3N. The first-order valence-corrected chi connectivity index (χ1v) is 6.56. The van der Waals surface area contributed by atoms with Gasteiger partial charge in [-0.05, 0) is 50.0 Å². The summed E-state index contributed by atoms with van der Waals surface area (Å²) in [4.78, 5) is 0. The smallest absolute Gasteiger partial charge is 0.316 e. The SMILES string of the molecule is CCCNCCC=CCc1ccc(C(F)(F)F)cc1. The van der Waals surface area contributed by atoms with Gasteiger partial charge in [-0.15, -0.1) is 0 Å². The van der Waals surface area contributed by atoms with Crippen molar-refractivity contribution in [3.63, 3.8) is 0 Å². The van der Waals surface area contributed by atoms with E-state index in [-0.39, 0.29) is 0 Å². The van der Waals surface area contributed by atoms with E-state index in [4.69, 9.17) is 0 Å². The van der Waals surface area contributed by atoms with Crippen molar-refractivity contribution in [3.05, 3.63) is 47.5 Å². The molecule has 0 aliphatic carbocycles. The summed E-state index contributed by atoms with van der Waals surface area (Å²) in [6.45, 7) is 4.08. The van der Waals surface area contributed by atoms with Gasteiger partial charge in [0.05, 0.1) is 5.56 Å². The van der Waals surface area contributed by atoms with Crippen LogP contribution in [0.1, 0.15) is 30.9 Å². The summed E-state index contributed by atoms with van der Waals surface area (Å²) in [5, 5.41) is 3.28. The Bertz CT molecular complexity index is 379. The first-order valence-electron chi connectivity index (χ1n) is 6.56. The van der Waals surface area contributed by atoms with Gasteiger partial charge in [-0.2, -0.15) is 13.2 Å². The second-order valence-electron chi connectivity index (χ2n) is 4.41. The highest BCUT2D eigenvalue weighted by Gasteiger charge is 2.29. The second-order valence-corrected chi connectivity index (χ2v) is 4.41. The van der Waals surface area contributed by atoms with Crippen LogP contribution in [0.4, 0.5) is 13.2 Å². The Hall–Kier alpha value is -1.29. The van der Waals surface area contributed by atoms with Gasteiger partial charge in [-0.1, -0.05) is 31.2 Å². The van der Waals surface area contributed by atoms with Crippen molar-refractivity contribution >= 4 is 0 Å². The van der Waals surface area contributed by atoms with Crippen LogP contribution in [-0.2, 0) is 12.6 Å². The Morgan fingerprint density at radius 3 is 2.32 bits per heavy atom. The van der Waals surface area contributed by atoms with Gasteiger partial charge in [0.25, 0.3) is 0 Å². The molecule has 4 heteroatoms. The summed E-state index contributed by atoms with van der Waals surface area (Å²) >= 11 is 0. The predicted octanol–water partition coefficient (Wildman–Crippen LogP) is 4.19. The van der Waals surface area contributed by atoms with Crippen LogP contribution < -0.4 is 5.32 Å². The third-order valence-corrected chi connectivity index (χ3v) is 2.72. The van der Waals surface area contributed by atoms with E-state index in [9.17, 15) is 13.2 Å². The highest BCUT2D eigenvalue weighted by atomic mass is 19.4. The molecule has 1 nitrogen and oxygen atoms in total. The molecule has 0 bridgehead atoms. The van der Waals surface area contributed by atoms with E-state index in [2.05, 4.69) is 18.3 Å². The third-order valence-electron chi connectivity index (χ3n) is 2.72. The molecule has 1 N–H and O–H groups in total. The molecule has 0 aromatic heterocycles. The lowest BCUT2D eigenvalue weighted by atomic mass is 10.1. The van der Waals surface area contributed by atoms with Crippen molar-refractivity contribution in [1.29, 1.82) is 0 Å². The topological polar surface area (TPSA) is 12.0 Å². The van der Waals surface area contributed by atoms with E-state index < -0.39 is 11.7 Å². The van der Waals surface area contributed by atoms with Crippen LogP contribution in [0.25, 0.3) is 0 Å². The van der Waals surface area contributed by atoms with Crippen molar-refractivity contribution in [2.45, 2.75) is 32.4 Å². The van der Waals surface area contributed by atoms with Gasteiger partial charge >= 0.3 is 6.18 Å². The molecule has 0 saturated carbocycles. The van der Waals surface area contributed by atoms with Crippen LogP contribution in [0.15, 0.2) is 36.4 Å². The Kier molecular flexibility index (Phi) is 6.64. The quantitative estimate of drug-likeness (QED) is 0.579. The maximum absolute atomic E-state index is 12.4. The number of hydrogen-bond donors (Lipinski definition) is 1. The molecule has 0 atom stereocenters. The average molecular weight is 271 g/mol. The summed E-state index contributed by atoms with van der Waals surface area (Å²) in [6, 6.07) is 5.32. The summed E-state index contributed by atoms with van der Waals surface area (Å²) in [5.41, 5.74) is 0.301. The van der Waals surface area contributed by atoms with Crippen LogP contribution >= 0.6 is 0 Å². The fraction of sp³-hybridized carbons (Fsp3) is 0.467. The number of halogens is 3. The van der Waals surface area contributed by atoms with Gasteiger partial charge in [0.15, 0.2) is 0 Å². The molecule has 1 aromatic carbocycles. The molecule has 19 heavy (non-hydrogen) atoms. The van der Waals surface area contributed by atoms with Crippen molar-refractivity contribution < 1.29 is 13.2 Å². The molecular weight excluding hydrogens is 251 g/mol. The maximum atomic E-state index is 12.4. The number of rotatable bonds is 7. The normalized spacial score (nSPS) is 12.2. The van der Waals surface area contributed by atoms with Gasteiger partial charge in [0, 0.05) is 0 Å². The highest BCUT2D eigenvalue weighted by molar-refractivity contribution is 5.25. The van der Waals surface area contributed by atoms with Crippen LogP contribution in [0.5, 0.6) is 0 Å². The molecule has 0 amide bonds. The van der Waals surface area contributed by atoms with Gasteiger partial charge in [0.2, 0.25) is 0 Å². The van der Waals surface area contributed by atoms with Gasteiger partial charge < -0.3 is 5.32 Å². The molecule has 0 radical (unpaired) electrons. The van der Waals surface area contributed by atoms with Crippen molar-refractivity contribution in [2.24, 2.45) is 0 Å². The van der Waals surface area contributed by atoms with Crippen molar-refractivity contribution in [1.82, 2.24) is 5.32 Å². The fourth-order valence-corrected chi connectivity index (χ4v) is 1.65.